The van der Waals surface area contributed by atoms with Crippen LogP contribution >= 0.6 is 11.6 Å². The second-order valence-corrected chi connectivity index (χ2v) is 4.94. The van der Waals surface area contributed by atoms with Crippen molar-refractivity contribution in [3.63, 3.8) is 0 Å². The van der Waals surface area contributed by atoms with Gasteiger partial charge < -0.3 is 4.90 Å². The van der Waals surface area contributed by atoms with Gasteiger partial charge in [0.15, 0.2) is 0 Å². The van der Waals surface area contributed by atoms with Crippen LogP contribution in [0.2, 0.25) is 0 Å². The summed E-state index contributed by atoms with van der Waals surface area (Å²) in [6.07, 6.45) is 3.87. The minimum Gasteiger partial charge on any atom is -0.355 e. The number of aromatic nitrogens is 2. The Balaban J connectivity index is 1.78. The zero-order valence-electron chi connectivity index (χ0n) is 10.3. The fourth-order valence-corrected chi connectivity index (χ4v) is 2.75. The topological polar surface area (TPSA) is 23.8 Å². The zero-order chi connectivity index (χ0) is 12.4. The molecule has 0 N–H and O–H groups in total. The molecular weight excluding hydrogens is 248 g/mol. The van der Waals surface area contributed by atoms with Gasteiger partial charge in [-0.15, -0.1) is 11.6 Å². The van der Waals surface area contributed by atoms with Gasteiger partial charge in [-0.3, -0.25) is 9.30 Å². The molecule has 0 saturated carbocycles. The maximum atomic E-state index is 5.78. The lowest BCUT2D eigenvalue weighted by molar-refractivity contribution is 0.272. The Morgan fingerprint density at radius 3 is 2.78 bits per heavy atom. The van der Waals surface area contributed by atoms with E-state index in [4.69, 9.17) is 11.6 Å². The summed E-state index contributed by atoms with van der Waals surface area (Å²) in [4.78, 5) is 9.16. The van der Waals surface area contributed by atoms with Crippen LogP contribution in [-0.4, -0.2) is 52.9 Å². The summed E-state index contributed by atoms with van der Waals surface area (Å²) < 4.78 is 2.15. The van der Waals surface area contributed by atoms with E-state index in [-0.39, 0.29) is 0 Å². The molecule has 0 aromatic carbocycles. The summed E-state index contributed by atoms with van der Waals surface area (Å²) in [5.41, 5.74) is 1.01. The molecule has 3 heterocycles. The highest BCUT2D eigenvalue weighted by Crippen LogP contribution is 2.18. The van der Waals surface area contributed by atoms with Crippen molar-refractivity contribution in [3.05, 3.63) is 30.6 Å². The molecule has 0 bridgehead atoms. The van der Waals surface area contributed by atoms with E-state index in [9.17, 15) is 0 Å². The van der Waals surface area contributed by atoms with Crippen molar-refractivity contribution in [1.82, 2.24) is 14.3 Å². The van der Waals surface area contributed by atoms with Crippen molar-refractivity contribution in [1.29, 1.82) is 0 Å². The Labute approximate surface area is 112 Å². The summed E-state index contributed by atoms with van der Waals surface area (Å²) in [5.74, 6) is 1.95. The second-order valence-electron chi connectivity index (χ2n) is 4.56. The van der Waals surface area contributed by atoms with Gasteiger partial charge in [-0.2, -0.15) is 0 Å². The van der Waals surface area contributed by atoms with Crippen LogP contribution in [0.1, 0.15) is 0 Å². The number of halogens is 1. The van der Waals surface area contributed by atoms with Crippen LogP contribution in [0.4, 0.5) is 5.82 Å². The van der Waals surface area contributed by atoms with Crippen LogP contribution < -0.4 is 4.90 Å². The third kappa shape index (κ3) is 2.18. The van der Waals surface area contributed by atoms with Gasteiger partial charge in [-0.1, -0.05) is 6.07 Å². The van der Waals surface area contributed by atoms with E-state index < -0.39 is 0 Å². The molecule has 0 amide bonds. The van der Waals surface area contributed by atoms with Crippen molar-refractivity contribution in [2.75, 3.05) is 43.5 Å². The average Bonchev–Trinajstić information content (AvgIpc) is 2.88. The van der Waals surface area contributed by atoms with Crippen LogP contribution in [-0.2, 0) is 0 Å². The maximum absolute atomic E-state index is 5.78. The number of nitrogens with zero attached hydrogens (tertiary/aromatic N) is 4. The fraction of sp³-hybridized carbons (Fsp3) is 0.462. The van der Waals surface area contributed by atoms with E-state index in [1.165, 1.54) is 5.82 Å². The van der Waals surface area contributed by atoms with Gasteiger partial charge in [-0.25, -0.2) is 4.98 Å². The monoisotopic (exact) mass is 264 g/mol. The van der Waals surface area contributed by atoms with Crippen molar-refractivity contribution in [2.24, 2.45) is 0 Å². The molecular formula is C13H17ClN4. The minimum absolute atomic E-state index is 0.719. The van der Waals surface area contributed by atoms with Crippen molar-refractivity contribution in [2.45, 2.75) is 0 Å². The first-order valence-corrected chi connectivity index (χ1v) is 6.87. The highest BCUT2D eigenvalue weighted by molar-refractivity contribution is 6.18. The predicted octanol–water partition coefficient (Wildman–Crippen LogP) is 1.70. The lowest BCUT2D eigenvalue weighted by atomic mass is 10.3. The van der Waals surface area contributed by atoms with Crippen LogP contribution in [0.3, 0.4) is 0 Å². The molecule has 0 atom stereocenters. The normalized spacial score (nSPS) is 17.5. The molecule has 0 unspecified atom stereocenters. The highest BCUT2D eigenvalue weighted by Gasteiger charge is 2.18. The van der Waals surface area contributed by atoms with Crippen molar-refractivity contribution < 1.29 is 0 Å². The molecule has 1 fully saturated rings. The molecule has 5 heteroatoms. The van der Waals surface area contributed by atoms with Gasteiger partial charge in [0.05, 0.1) is 0 Å². The fourth-order valence-electron chi connectivity index (χ4n) is 2.51. The maximum Gasteiger partial charge on any atom is 0.138 e. The zero-order valence-corrected chi connectivity index (χ0v) is 11.1. The first-order chi connectivity index (χ1) is 8.88. The van der Waals surface area contributed by atoms with Gasteiger partial charge in [0.25, 0.3) is 0 Å². The molecule has 0 spiro atoms. The summed E-state index contributed by atoms with van der Waals surface area (Å²) >= 11 is 5.78. The number of imidazole rings is 1. The number of hydrogen-bond acceptors (Lipinski definition) is 3. The molecule has 1 aliphatic rings. The Morgan fingerprint density at radius 2 is 2.00 bits per heavy atom. The number of anilines is 1. The summed E-state index contributed by atoms with van der Waals surface area (Å²) in [6.45, 7) is 5.25. The molecule has 3 rings (SSSR count). The molecule has 96 valence electrons. The number of fused-ring (bicyclic) bond motifs is 1. The average molecular weight is 265 g/mol. The third-order valence-corrected chi connectivity index (χ3v) is 3.67. The minimum atomic E-state index is 0.719. The quantitative estimate of drug-likeness (QED) is 0.789. The predicted molar refractivity (Wildman–Crippen MR) is 74.6 cm³/mol. The summed E-state index contributed by atoms with van der Waals surface area (Å²) in [7, 11) is 0. The summed E-state index contributed by atoms with van der Waals surface area (Å²) in [5, 5.41) is 0. The number of alkyl halides is 1. The second kappa shape index (κ2) is 5.16. The third-order valence-electron chi connectivity index (χ3n) is 3.50. The van der Waals surface area contributed by atoms with Gasteiger partial charge in [0.1, 0.15) is 11.5 Å². The van der Waals surface area contributed by atoms with E-state index in [1.807, 2.05) is 18.5 Å². The first-order valence-electron chi connectivity index (χ1n) is 6.34. The van der Waals surface area contributed by atoms with Gasteiger partial charge in [0, 0.05) is 51.0 Å². The number of rotatable bonds is 3. The van der Waals surface area contributed by atoms with Crippen LogP contribution in [0.5, 0.6) is 0 Å². The SMILES string of the molecule is ClCCN1CCN(c2cccc3nccn23)CC1. The smallest absolute Gasteiger partial charge is 0.138 e. The summed E-state index contributed by atoms with van der Waals surface area (Å²) in [6, 6.07) is 6.27. The van der Waals surface area contributed by atoms with E-state index in [0.29, 0.717) is 0 Å². The van der Waals surface area contributed by atoms with E-state index in [2.05, 4.69) is 31.3 Å². The van der Waals surface area contributed by atoms with E-state index in [1.54, 1.807) is 0 Å². The number of piperazine rings is 1. The van der Waals surface area contributed by atoms with E-state index in [0.717, 1.165) is 44.3 Å². The molecule has 2 aromatic rings. The first kappa shape index (κ1) is 11.8. The van der Waals surface area contributed by atoms with Crippen LogP contribution in [0, 0.1) is 0 Å². The Morgan fingerprint density at radius 1 is 1.17 bits per heavy atom. The van der Waals surface area contributed by atoms with Gasteiger partial charge >= 0.3 is 0 Å². The van der Waals surface area contributed by atoms with Crippen molar-refractivity contribution >= 4 is 23.1 Å². The molecule has 18 heavy (non-hydrogen) atoms. The van der Waals surface area contributed by atoms with Crippen LogP contribution in [0.25, 0.3) is 5.65 Å². The van der Waals surface area contributed by atoms with Crippen LogP contribution in [0.15, 0.2) is 30.6 Å². The van der Waals surface area contributed by atoms with Crippen molar-refractivity contribution in [3.8, 4) is 0 Å². The molecule has 4 nitrogen and oxygen atoms in total. The molecule has 0 aliphatic carbocycles. The van der Waals surface area contributed by atoms with Gasteiger partial charge in [0.2, 0.25) is 0 Å². The highest BCUT2D eigenvalue weighted by atomic mass is 35.5. The Bertz CT molecular complexity index is 516. The molecule has 1 aliphatic heterocycles. The standard InChI is InChI=1S/C13H17ClN4/c14-4-6-16-8-10-17(11-9-16)13-3-1-2-12-15-5-7-18(12)13/h1-3,5,7H,4,6,8-11H2. The Hall–Kier alpha value is -1.26. The molecule has 1 saturated heterocycles. The lowest BCUT2D eigenvalue weighted by Gasteiger charge is -2.35. The number of hydrogen-bond donors (Lipinski definition) is 0. The molecule has 0 radical (unpaired) electrons. The van der Waals surface area contributed by atoms with E-state index >= 15 is 0 Å². The number of pyridine rings is 1. The Kier molecular flexibility index (Phi) is 3.39. The molecule has 2 aromatic heterocycles. The van der Waals surface area contributed by atoms with Gasteiger partial charge in [-0.05, 0) is 12.1 Å². The lowest BCUT2D eigenvalue weighted by Crippen LogP contribution is -2.47. The largest absolute Gasteiger partial charge is 0.355 e.